The second-order valence-electron chi connectivity index (χ2n) is 3.71. The van der Waals surface area contributed by atoms with Crippen molar-refractivity contribution in [2.75, 3.05) is 11.4 Å². The molecule has 2 aromatic rings. The lowest BCUT2D eigenvalue weighted by Crippen LogP contribution is -2.24. The van der Waals surface area contributed by atoms with Crippen molar-refractivity contribution in [1.29, 1.82) is 0 Å². The number of nitrogens with zero attached hydrogens (tertiary/aromatic N) is 1. The van der Waals surface area contributed by atoms with E-state index in [-0.39, 0.29) is 15.0 Å². The number of halogens is 2. The van der Waals surface area contributed by atoms with Crippen LogP contribution in [-0.2, 0) is 9.94 Å². The molecular weight excluding hydrogens is 279 g/mol. The first-order valence-electron chi connectivity index (χ1n) is 5.67. The zero-order valence-corrected chi connectivity index (χ0v) is 11.0. The summed E-state index contributed by atoms with van der Waals surface area (Å²) in [6, 6.07) is 19.0. The third-order valence-corrected chi connectivity index (χ3v) is 2.43. The van der Waals surface area contributed by atoms with Crippen molar-refractivity contribution in [3.05, 3.63) is 60.7 Å². The molecule has 3 radical (unpaired) electrons. The van der Waals surface area contributed by atoms with Gasteiger partial charge in [0.1, 0.15) is 6.54 Å². The Hall–Kier alpha value is -2.41. The standard InChI is InChI=1S/C14H13NO2.B.F2O/c16-14(17)11-15(12-7-3-1-4-8-12)13-9-5-2-6-10-13;;1-3-2/h1-10H,11H2,(H,16,17);;. The van der Waals surface area contributed by atoms with Gasteiger partial charge in [-0.2, -0.15) is 0 Å². The van der Waals surface area contributed by atoms with Crippen LogP contribution in [0.2, 0.25) is 0 Å². The van der Waals surface area contributed by atoms with Crippen LogP contribution in [0.1, 0.15) is 0 Å². The maximum absolute atomic E-state index is 10.9. The third kappa shape index (κ3) is 6.53. The van der Waals surface area contributed by atoms with Gasteiger partial charge in [0.2, 0.25) is 0 Å². The summed E-state index contributed by atoms with van der Waals surface area (Å²) in [5.41, 5.74) is 1.75. The molecule has 0 aliphatic heterocycles. The zero-order valence-electron chi connectivity index (χ0n) is 11.0. The molecule has 0 aromatic heterocycles. The molecule has 0 aliphatic carbocycles. The maximum atomic E-state index is 10.9. The highest BCUT2D eigenvalue weighted by Crippen LogP contribution is 2.24. The summed E-state index contributed by atoms with van der Waals surface area (Å²) in [5.74, 6) is -0.849. The molecule has 0 saturated carbocycles. The fraction of sp³-hybridized carbons (Fsp3) is 0.0714. The van der Waals surface area contributed by atoms with E-state index in [2.05, 4.69) is 0 Å². The highest BCUT2D eigenvalue weighted by atomic mass is 19.6. The minimum absolute atomic E-state index is 0. The van der Waals surface area contributed by atoms with Gasteiger partial charge in [-0.3, -0.25) is 4.79 Å². The van der Waals surface area contributed by atoms with Crippen molar-refractivity contribution in [1.82, 2.24) is 0 Å². The molecule has 0 amide bonds. The van der Waals surface area contributed by atoms with Crippen molar-refractivity contribution in [3.63, 3.8) is 0 Å². The van der Waals surface area contributed by atoms with Gasteiger partial charge in [-0.05, 0) is 33.3 Å². The third-order valence-electron chi connectivity index (χ3n) is 2.43. The molecule has 0 saturated heterocycles. The molecule has 0 fully saturated rings. The van der Waals surface area contributed by atoms with Gasteiger partial charge < -0.3 is 10.0 Å². The van der Waals surface area contributed by atoms with Crippen molar-refractivity contribution in [2.45, 2.75) is 0 Å². The van der Waals surface area contributed by atoms with Gasteiger partial charge in [0.25, 0.3) is 0 Å². The molecule has 21 heavy (non-hydrogen) atoms. The number of aliphatic carboxylic acids is 1. The summed E-state index contributed by atoms with van der Waals surface area (Å²) in [6.07, 6.45) is 0. The second-order valence-corrected chi connectivity index (χ2v) is 3.71. The minimum atomic E-state index is -0.849. The Morgan fingerprint density at radius 3 is 1.57 bits per heavy atom. The number of carboxylic acids is 1. The van der Waals surface area contributed by atoms with Crippen LogP contribution in [0.4, 0.5) is 20.4 Å². The average Bonchev–Trinajstić information content (AvgIpc) is 2.47. The molecule has 109 valence electrons. The summed E-state index contributed by atoms with van der Waals surface area (Å²) in [6.45, 7) is -0.0476. The van der Waals surface area contributed by atoms with Gasteiger partial charge in [-0.1, -0.05) is 36.4 Å². The summed E-state index contributed by atoms with van der Waals surface area (Å²) in [4.78, 5) is 12.7. The van der Waals surface area contributed by atoms with E-state index in [1.54, 1.807) is 4.90 Å². The number of hydrogen-bond acceptors (Lipinski definition) is 3. The first-order chi connectivity index (χ1) is 9.69. The summed E-state index contributed by atoms with van der Waals surface area (Å²) < 4.78 is 18.2. The highest BCUT2D eigenvalue weighted by Gasteiger charge is 2.11. The quantitative estimate of drug-likeness (QED) is 0.878. The number of anilines is 2. The van der Waals surface area contributed by atoms with Crippen LogP contribution in [0.25, 0.3) is 0 Å². The zero-order chi connectivity index (χ0) is 14.8. The number of para-hydroxylation sites is 2. The van der Waals surface area contributed by atoms with Crippen LogP contribution in [0.3, 0.4) is 0 Å². The van der Waals surface area contributed by atoms with E-state index in [9.17, 15) is 4.79 Å². The fourth-order valence-electron chi connectivity index (χ4n) is 1.68. The van der Waals surface area contributed by atoms with E-state index in [0.29, 0.717) is 0 Å². The lowest BCUT2D eigenvalue weighted by Gasteiger charge is -2.22. The summed E-state index contributed by atoms with van der Waals surface area (Å²) >= 11 is 0. The van der Waals surface area contributed by atoms with Crippen LogP contribution in [-0.4, -0.2) is 26.0 Å². The number of benzene rings is 2. The van der Waals surface area contributed by atoms with Gasteiger partial charge in [-0.25, -0.2) is 0 Å². The maximum Gasteiger partial charge on any atom is 0.323 e. The van der Waals surface area contributed by atoms with E-state index in [4.69, 9.17) is 14.2 Å². The second kappa shape index (κ2) is 10.4. The Morgan fingerprint density at radius 2 is 1.29 bits per heavy atom. The molecule has 2 aromatic carbocycles. The van der Waals surface area contributed by atoms with Crippen molar-refractivity contribution in [3.8, 4) is 0 Å². The Kier molecular flexibility index (Phi) is 9.20. The smallest absolute Gasteiger partial charge is 0.323 e. The van der Waals surface area contributed by atoms with Gasteiger partial charge >= 0.3 is 5.97 Å². The first-order valence-corrected chi connectivity index (χ1v) is 5.67. The van der Waals surface area contributed by atoms with Crippen LogP contribution >= 0.6 is 0 Å². The molecule has 2 rings (SSSR count). The molecule has 0 atom stereocenters. The van der Waals surface area contributed by atoms with E-state index in [0.717, 1.165) is 11.4 Å². The molecule has 1 N–H and O–H groups in total. The van der Waals surface area contributed by atoms with Gasteiger partial charge in [0.15, 0.2) is 0 Å². The Bertz CT molecular complexity index is 475. The predicted octanol–water partition coefficient (Wildman–Crippen LogP) is 3.30. The molecule has 0 spiro atoms. The molecule has 7 heteroatoms. The summed E-state index contributed by atoms with van der Waals surface area (Å²) in [7, 11) is 0. The Labute approximate surface area is 123 Å². The largest absolute Gasteiger partial charge is 0.480 e. The van der Waals surface area contributed by atoms with Crippen molar-refractivity contribution in [2.24, 2.45) is 0 Å². The van der Waals surface area contributed by atoms with E-state index < -0.39 is 5.97 Å². The number of hydrogen-bond donors (Lipinski definition) is 1. The summed E-state index contributed by atoms with van der Waals surface area (Å²) in [5, 5.41) is 10.2. The molecular formula is C14H13BF2NO3. The minimum Gasteiger partial charge on any atom is -0.480 e. The SMILES string of the molecule is FOF.O=C(O)CN(c1ccccc1)c1ccccc1.[B]. The predicted molar refractivity (Wildman–Crippen MR) is 76.6 cm³/mol. The van der Waals surface area contributed by atoms with Crippen LogP contribution < -0.4 is 4.90 Å². The normalized spacial score (nSPS) is 8.86. The topological polar surface area (TPSA) is 49.8 Å². The van der Waals surface area contributed by atoms with E-state index >= 15 is 0 Å². The van der Waals surface area contributed by atoms with Gasteiger partial charge in [0, 0.05) is 24.9 Å². The van der Waals surface area contributed by atoms with E-state index in [1.165, 1.54) is 5.15 Å². The van der Waals surface area contributed by atoms with Crippen LogP contribution in [0.5, 0.6) is 0 Å². The Balaban J connectivity index is 0.000000922. The fourth-order valence-corrected chi connectivity index (χ4v) is 1.68. The first kappa shape index (κ1) is 18.6. The molecule has 0 aliphatic rings. The van der Waals surface area contributed by atoms with E-state index in [1.807, 2.05) is 60.7 Å². The monoisotopic (exact) mass is 292 g/mol. The lowest BCUT2D eigenvalue weighted by molar-refractivity contribution is -0.317. The molecule has 0 heterocycles. The number of carbonyl (C=O) groups is 1. The number of carboxylic acid groups (broad SMARTS) is 1. The van der Waals surface area contributed by atoms with Crippen molar-refractivity contribution >= 4 is 25.8 Å². The van der Waals surface area contributed by atoms with Crippen LogP contribution in [0, 0.1) is 0 Å². The average molecular weight is 292 g/mol. The lowest BCUT2D eigenvalue weighted by atomic mass is 10.2. The molecule has 0 unspecified atom stereocenters. The van der Waals surface area contributed by atoms with Crippen LogP contribution in [0.15, 0.2) is 60.7 Å². The Morgan fingerprint density at radius 1 is 0.952 bits per heavy atom. The highest BCUT2D eigenvalue weighted by molar-refractivity contribution is 5.78. The van der Waals surface area contributed by atoms with Gasteiger partial charge in [0.05, 0.1) is 0 Å². The molecule has 0 bridgehead atoms. The number of rotatable bonds is 4. The van der Waals surface area contributed by atoms with Crippen molar-refractivity contribution < 1.29 is 24.1 Å². The van der Waals surface area contributed by atoms with Gasteiger partial charge in [-0.15, -0.1) is 0 Å². The molecule has 4 nitrogen and oxygen atoms in total.